The van der Waals surface area contributed by atoms with Crippen molar-refractivity contribution in [3.05, 3.63) is 0 Å². The van der Waals surface area contributed by atoms with Gasteiger partial charge in [-0.15, -0.1) is 0 Å². The summed E-state index contributed by atoms with van der Waals surface area (Å²) in [6, 6.07) is 0. The Morgan fingerprint density at radius 2 is 1.75 bits per heavy atom. The minimum absolute atomic E-state index is 0.492. The minimum Gasteiger partial charge on any atom is -0.303 e. The third kappa shape index (κ3) is 0.969. The van der Waals surface area contributed by atoms with Gasteiger partial charge in [-0.25, -0.2) is 13.2 Å². The maximum absolute atomic E-state index is 13.2. The lowest BCUT2D eigenvalue weighted by atomic mass is 9.92. The number of halogens is 3. The Hall–Kier alpha value is -0.250. The molecule has 0 amide bonds. The molecule has 1 saturated heterocycles. The van der Waals surface area contributed by atoms with Gasteiger partial charge in [0.25, 0.3) is 5.92 Å². The Morgan fingerprint density at radius 3 is 2.17 bits per heavy atom. The lowest BCUT2D eigenvalue weighted by Crippen LogP contribution is -2.45. The summed E-state index contributed by atoms with van der Waals surface area (Å²) in [5, 5.41) is 2.65. The molecule has 1 spiro atoms. The smallest absolute Gasteiger partial charge is 0.292 e. The van der Waals surface area contributed by atoms with Crippen LogP contribution in [0.4, 0.5) is 13.2 Å². The molecule has 0 aromatic rings. The van der Waals surface area contributed by atoms with Crippen molar-refractivity contribution in [1.82, 2.24) is 5.32 Å². The van der Waals surface area contributed by atoms with Crippen LogP contribution in [0.2, 0.25) is 0 Å². The zero-order chi connectivity index (χ0) is 8.82. The molecular formula is C8H12F3N. The van der Waals surface area contributed by atoms with E-state index >= 15 is 0 Å². The molecule has 0 aromatic heterocycles. The van der Waals surface area contributed by atoms with E-state index in [1.54, 1.807) is 0 Å². The van der Waals surface area contributed by atoms with Gasteiger partial charge in [0.15, 0.2) is 6.17 Å². The van der Waals surface area contributed by atoms with Gasteiger partial charge in [-0.1, -0.05) is 12.8 Å². The summed E-state index contributed by atoms with van der Waals surface area (Å²) in [6.07, 6.45) is 0.869. The highest BCUT2D eigenvalue weighted by Crippen LogP contribution is 2.44. The number of rotatable bonds is 0. The van der Waals surface area contributed by atoms with E-state index < -0.39 is 24.2 Å². The first-order chi connectivity index (χ1) is 5.57. The summed E-state index contributed by atoms with van der Waals surface area (Å²) in [5.41, 5.74) is -0.885. The van der Waals surface area contributed by atoms with Crippen LogP contribution in [0.15, 0.2) is 0 Å². The third-order valence-corrected chi connectivity index (χ3v) is 3.03. The molecule has 1 nitrogen and oxygen atoms in total. The van der Waals surface area contributed by atoms with Crippen molar-refractivity contribution in [1.29, 1.82) is 0 Å². The molecule has 1 aliphatic carbocycles. The first-order valence-corrected chi connectivity index (χ1v) is 4.34. The Kier molecular flexibility index (Phi) is 1.65. The van der Waals surface area contributed by atoms with Crippen LogP contribution >= 0.6 is 0 Å². The van der Waals surface area contributed by atoms with Crippen molar-refractivity contribution in [3.8, 4) is 0 Å². The average molecular weight is 179 g/mol. The second-order valence-corrected chi connectivity index (χ2v) is 3.84. The standard InChI is InChI=1S/C8H12F3N/c9-6-7(3-1-2-4-7)12-5-8(6,10)11/h6,12H,1-5H2. The van der Waals surface area contributed by atoms with Gasteiger partial charge in [-0.05, 0) is 12.8 Å². The third-order valence-electron chi connectivity index (χ3n) is 3.03. The van der Waals surface area contributed by atoms with E-state index in [9.17, 15) is 13.2 Å². The van der Waals surface area contributed by atoms with Crippen molar-refractivity contribution in [2.24, 2.45) is 0 Å². The highest BCUT2D eigenvalue weighted by molar-refractivity contribution is 5.10. The van der Waals surface area contributed by atoms with Gasteiger partial charge in [0.2, 0.25) is 0 Å². The van der Waals surface area contributed by atoms with Crippen LogP contribution in [0, 0.1) is 0 Å². The van der Waals surface area contributed by atoms with Crippen molar-refractivity contribution in [2.45, 2.75) is 43.3 Å². The largest absolute Gasteiger partial charge is 0.303 e. The predicted molar refractivity (Wildman–Crippen MR) is 39.0 cm³/mol. The molecule has 4 heteroatoms. The van der Waals surface area contributed by atoms with Crippen LogP contribution in [0.3, 0.4) is 0 Å². The lowest BCUT2D eigenvalue weighted by molar-refractivity contribution is -0.0547. The number of hydrogen-bond donors (Lipinski definition) is 1. The van der Waals surface area contributed by atoms with Gasteiger partial charge >= 0.3 is 0 Å². The highest BCUT2D eigenvalue weighted by atomic mass is 19.3. The lowest BCUT2D eigenvalue weighted by Gasteiger charge is -2.26. The molecule has 0 bridgehead atoms. The second-order valence-electron chi connectivity index (χ2n) is 3.84. The Bertz CT molecular complexity index is 187. The summed E-state index contributed by atoms with van der Waals surface area (Å²) in [6.45, 7) is -0.492. The molecule has 0 aromatic carbocycles. The monoisotopic (exact) mass is 179 g/mol. The van der Waals surface area contributed by atoms with Gasteiger partial charge in [0.1, 0.15) is 0 Å². The number of hydrogen-bond acceptors (Lipinski definition) is 1. The fraction of sp³-hybridized carbons (Fsp3) is 1.00. The highest BCUT2D eigenvalue weighted by Gasteiger charge is 2.60. The molecule has 1 saturated carbocycles. The van der Waals surface area contributed by atoms with E-state index in [-0.39, 0.29) is 0 Å². The molecule has 12 heavy (non-hydrogen) atoms. The molecular weight excluding hydrogens is 167 g/mol. The van der Waals surface area contributed by atoms with Crippen LogP contribution < -0.4 is 5.32 Å². The van der Waals surface area contributed by atoms with E-state index in [1.165, 1.54) is 0 Å². The molecule has 1 aliphatic heterocycles. The summed E-state index contributed by atoms with van der Waals surface area (Å²) >= 11 is 0. The molecule has 1 unspecified atom stereocenters. The number of nitrogens with one attached hydrogen (secondary N) is 1. The summed E-state index contributed by atoms with van der Waals surface area (Å²) < 4.78 is 38.8. The van der Waals surface area contributed by atoms with E-state index in [2.05, 4.69) is 5.32 Å². The summed E-state index contributed by atoms with van der Waals surface area (Å²) in [5.74, 6) is -3.15. The maximum Gasteiger partial charge on any atom is 0.292 e. The molecule has 2 rings (SSSR count). The van der Waals surface area contributed by atoms with Crippen molar-refractivity contribution in [2.75, 3.05) is 6.54 Å². The molecule has 2 aliphatic rings. The van der Waals surface area contributed by atoms with Crippen LogP contribution in [-0.4, -0.2) is 24.2 Å². The molecule has 1 N–H and O–H groups in total. The van der Waals surface area contributed by atoms with E-state index in [0.717, 1.165) is 12.8 Å². The van der Waals surface area contributed by atoms with E-state index in [1.807, 2.05) is 0 Å². The van der Waals surface area contributed by atoms with Crippen molar-refractivity contribution < 1.29 is 13.2 Å². The van der Waals surface area contributed by atoms with E-state index in [0.29, 0.717) is 12.8 Å². The molecule has 0 radical (unpaired) electrons. The Labute approximate surface area is 69.3 Å². The maximum atomic E-state index is 13.2. The normalized spacial score (nSPS) is 37.8. The topological polar surface area (TPSA) is 12.0 Å². The van der Waals surface area contributed by atoms with Gasteiger partial charge in [0.05, 0.1) is 12.1 Å². The zero-order valence-corrected chi connectivity index (χ0v) is 6.75. The average Bonchev–Trinajstić information content (AvgIpc) is 2.55. The van der Waals surface area contributed by atoms with Crippen molar-refractivity contribution in [3.63, 3.8) is 0 Å². The van der Waals surface area contributed by atoms with Crippen LogP contribution in [0.1, 0.15) is 25.7 Å². The quantitative estimate of drug-likeness (QED) is 0.598. The molecule has 70 valence electrons. The molecule has 1 heterocycles. The van der Waals surface area contributed by atoms with E-state index in [4.69, 9.17) is 0 Å². The Morgan fingerprint density at radius 1 is 1.17 bits per heavy atom. The van der Waals surface area contributed by atoms with Crippen LogP contribution in [-0.2, 0) is 0 Å². The summed E-state index contributed by atoms with van der Waals surface area (Å²) in [4.78, 5) is 0. The van der Waals surface area contributed by atoms with Crippen LogP contribution in [0.25, 0.3) is 0 Å². The van der Waals surface area contributed by atoms with Crippen LogP contribution in [0.5, 0.6) is 0 Å². The van der Waals surface area contributed by atoms with Gasteiger partial charge in [-0.3, -0.25) is 0 Å². The predicted octanol–water partition coefficient (Wildman–Crippen LogP) is 1.88. The van der Waals surface area contributed by atoms with Gasteiger partial charge in [-0.2, -0.15) is 0 Å². The van der Waals surface area contributed by atoms with Crippen molar-refractivity contribution >= 4 is 0 Å². The Balaban J connectivity index is 2.19. The number of alkyl halides is 3. The molecule has 1 atom stereocenters. The second kappa shape index (κ2) is 2.37. The fourth-order valence-corrected chi connectivity index (χ4v) is 2.31. The first-order valence-electron chi connectivity index (χ1n) is 4.34. The van der Waals surface area contributed by atoms with Gasteiger partial charge in [0, 0.05) is 0 Å². The summed E-state index contributed by atoms with van der Waals surface area (Å²) in [7, 11) is 0. The van der Waals surface area contributed by atoms with Gasteiger partial charge < -0.3 is 5.32 Å². The first kappa shape index (κ1) is 8.35. The minimum atomic E-state index is -3.15. The fourth-order valence-electron chi connectivity index (χ4n) is 2.31. The molecule has 2 fully saturated rings. The SMILES string of the molecule is FC1C(F)(F)CNC12CCCC2. The zero-order valence-electron chi connectivity index (χ0n) is 6.75.